The monoisotopic (exact) mass is 286 g/mol. The van der Waals surface area contributed by atoms with Gasteiger partial charge >= 0.3 is 11.9 Å². The van der Waals surface area contributed by atoms with Crippen LogP contribution in [-0.4, -0.2) is 75.0 Å². The van der Waals surface area contributed by atoms with Gasteiger partial charge in [-0.05, 0) is 0 Å². The Morgan fingerprint density at radius 3 is 1.30 bits per heavy atom. The van der Waals surface area contributed by atoms with E-state index in [4.69, 9.17) is 0 Å². The van der Waals surface area contributed by atoms with Gasteiger partial charge in [-0.3, -0.25) is 9.59 Å². The highest BCUT2D eigenvalue weighted by Crippen LogP contribution is 1.89. The second-order valence-electron chi connectivity index (χ2n) is 4.13. The molecule has 0 aromatic heterocycles. The van der Waals surface area contributed by atoms with Gasteiger partial charge in [-0.1, -0.05) is 0 Å². The Morgan fingerprint density at radius 2 is 1.05 bits per heavy atom. The first kappa shape index (κ1) is 17.6. The van der Waals surface area contributed by atoms with E-state index in [1.165, 1.54) is 38.0 Å². The Bertz CT molecular complexity index is 376. The van der Waals surface area contributed by atoms with Gasteiger partial charge in [-0.15, -0.1) is 0 Å². The van der Waals surface area contributed by atoms with E-state index in [2.05, 4.69) is 9.47 Å². The fourth-order valence-electron chi connectivity index (χ4n) is 0.756. The zero-order valence-corrected chi connectivity index (χ0v) is 11.9. The highest BCUT2D eigenvalue weighted by atomic mass is 16.5. The van der Waals surface area contributed by atoms with Crippen LogP contribution >= 0.6 is 0 Å². The molecule has 0 saturated carbocycles. The maximum Gasteiger partial charge on any atom is 0.331 e. The highest BCUT2D eigenvalue weighted by molar-refractivity contribution is 5.93. The summed E-state index contributed by atoms with van der Waals surface area (Å²) in [4.78, 5) is 47.1. The van der Waals surface area contributed by atoms with Gasteiger partial charge in [-0.2, -0.15) is 0 Å². The highest BCUT2D eigenvalue weighted by Gasteiger charge is 2.09. The van der Waals surface area contributed by atoms with E-state index < -0.39 is 25.2 Å². The zero-order chi connectivity index (χ0) is 15.7. The smallest absolute Gasteiger partial charge is 0.331 e. The molecule has 8 heteroatoms. The molecular weight excluding hydrogens is 268 g/mol. The molecule has 0 aliphatic heterocycles. The lowest BCUT2D eigenvalue weighted by molar-refractivity contribution is -0.148. The summed E-state index contributed by atoms with van der Waals surface area (Å²) in [6.07, 6.45) is 1.65. The van der Waals surface area contributed by atoms with Crippen LogP contribution in [0.3, 0.4) is 0 Å². The van der Waals surface area contributed by atoms with Crippen molar-refractivity contribution in [2.24, 2.45) is 0 Å². The molecule has 0 saturated heterocycles. The molecule has 0 aromatic rings. The topological polar surface area (TPSA) is 93.2 Å². The molecule has 8 nitrogen and oxygen atoms in total. The number of nitrogens with zero attached hydrogens (tertiary/aromatic N) is 2. The third-order valence-corrected chi connectivity index (χ3v) is 2.03. The van der Waals surface area contributed by atoms with E-state index in [9.17, 15) is 19.2 Å². The number of carbonyl (C=O) groups is 4. The minimum Gasteiger partial charge on any atom is -0.452 e. The van der Waals surface area contributed by atoms with Gasteiger partial charge in [0.1, 0.15) is 0 Å². The Labute approximate surface area is 116 Å². The molecule has 0 aliphatic carbocycles. The number of carbonyl (C=O) groups excluding carboxylic acids is 4. The van der Waals surface area contributed by atoms with Crippen LogP contribution in [0, 0.1) is 0 Å². The van der Waals surface area contributed by atoms with Crippen molar-refractivity contribution in [1.82, 2.24) is 9.80 Å². The van der Waals surface area contributed by atoms with Gasteiger partial charge in [0.25, 0.3) is 11.8 Å². The van der Waals surface area contributed by atoms with Crippen molar-refractivity contribution in [3.63, 3.8) is 0 Å². The molecule has 0 aromatic carbocycles. The second-order valence-corrected chi connectivity index (χ2v) is 4.13. The van der Waals surface area contributed by atoms with E-state index in [0.717, 1.165) is 12.2 Å². The summed E-state index contributed by atoms with van der Waals surface area (Å²) in [5.41, 5.74) is 0. The molecule has 0 unspecified atom stereocenters. The minimum atomic E-state index is -0.851. The van der Waals surface area contributed by atoms with Crippen molar-refractivity contribution in [2.45, 2.75) is 0 Å². The summed E-state index contributed by atoms with van der Waals surface area (Å²) < 4.78 is 9.16. The number of amides is 2. The summed E-state index contributed by atoms with van der Waals surface area (Å²) in [7, 11) is 6.08. The van der Waals surface area contributed by atoms with Crippen LogP contribution in [0.1, 0.15) is 0 Å². The first-order valence-electron chi connectivity index (χ1n) is 5.66. The van der Waals surface area contributed by atoms with Crippen LogP contribution < -0.4 is 0 Å². The lowest BCUT2D eigenvalue weighted by atomic mass is 10.5. The fourth-order valence-corrected chi connectivity index (χ4v) is 0.756. The molecule has 2 amide bonds. The van der Waals surface area contributed by atoms with Gasteiger partial charge in [0.2, 0.25) is 0 Å². The third kappa shape index (κ3) is 7.85. The first-order valence-corrected chi connectivity index (χ1v) is 5.66. The van der Waals surface area contributed by atoms with Gasteiger partial charge in [0.05, 0.1) is 0 Å². The molecule has 0 fully saturated rings. The summed E-state index contributed by atoms with van der Waals surface area (Å²) in [6.45, 7) is -0.825. The Hall–Kier alpha value is -2.38. The number of hydrogen-bond acceptors (Lipinski definition) is 6. The lowest BCUT2D eigenvalue weighted by Gasteiger charge is -2.09. The van der Waals surface area contributed by atoms with Crippen molar-refractivity contribution in [2.75, 3.05) is 41.4 Å². The van der Waals surface area contributed by atoms with Crippen LogP contribution in [0.4, 0.5) is 0 Å². The van der Waals surface area contributed by atoms with Crippen LogP contribution in [-0.2, 0) is 28.7 Å². The number of rotatable bonds is 6. The molecule has 0 heterocycles. The fraction of sp³-hybridized carbons (Fsp3) is 0.500. The average molecular weight is 286 g/mol. The van der Waals surface area contributed by atoms with Crippen LogP contribution in [0.2, 0.25) is 0 Å². The van der Waals surface area contributed by atoms with Gasteiger partial charge in [0, 0.05) is 40.3 Å². The van der Waals surface area contributed by atoms with Crippen molar-refractivity contribution in [3.8, 4) is 0 Å². The molecule has 20 heavy (non-hydrogen) atoms. The van der Waals surface area contributed by atoms with Crippen LogP contribution in [0.15, 0.2) is 12.2 Å². The third-order valence-electron chi connectivity index (χ3n) is 2.03. The van der Waals surface area contributed by atoms with Crippen LogP contribution in [0.5, 0.6) is 0 Å². The van der Waals surface area contributed by atoms with Gasteiger partial charge < -0.3 is 19.3 Å². The van der Waals surface area contributed by atoms with Crippen molar-refractivity contribution in [3.05, 3.63) is 12.2 Å². The van der Waals surface area contributed by atoms with E-state index in [-0.39, 0.29) is 11.8 Å². The minimum absolute atomic E-state index is 0.383. The van der Waals surface area contributed by atoms with E-state index in [1.54, 1.807) is 0 Å². The molecule has 0 spiro atoms. The first-order chi connectivity index (χ1) is 9.23. The molecule has 0 bridgehead atoms. The van der Waals surface area contributed by atoms with Gasteiger partial charge in [-0.25, -0.2) is 9.59 Å². The molecule has 0 atom stereocenters. The maximum atomic E-state index is 11.2. The standard InChI is InChI=1S/C12H18N2O6/c1-13(2)9(15)7-19-11(17)5-6-12(18)20-8-10(16)14(3)4/h5-6H,7-8H2,1-4H3/b6-5+. The molecular formula is C12H18N2O6. The Kier molecular flexibility index (Phi) is 7.64. The largest absolute Gasteiger partial charge is 0.452 e. The number of hydrogen-bond donors (Lipinski definition) is 0. The summed E-state index contributed by atoms with van der Waals surface area (Å²) in [6, 6.07) is 0. The van der Waals surface area contributed by atoms with Crippen molar-refractivity contribution >= 4 is 23.8 Å². The SMILES string of the molecule is CN(C)C(=O)COC(=O)/C=C/C(=O)OCC(=O)N(C)C. The van der Waals surface area contributed by atoms with E-state index in [1.807, 2.05) is 0 Å². The van der Waals surface area contributed by atoms with E-state index in [0.29, 0.717) is 0 Å². The second kappa shape index (κ2) is 8.68. The van der Waals surface area contributed by atoms with Gasteiger partial charge in [0.15, 0.2) is 13.2 Å². The molecule has 0 rings (SSSR count). The number of likely N-dealkylation sites (N-methyl/N-ethyl adjacent to an activating group) is 2. The zero-order valence-electron chi connectivity index (χ0n) is 11.9. The number of esters is 2. The molecule has 0 aliphatic rings. The van der Waals surface area contributed by atoms with Crippen molar-refractivity contribution in [1.29, 1.82) is 0 Å². The normalized spacial score (nSPS) is 10.0. The predicted octanol–water partition coefficient (Wildman–Crippen LogP) is -1.19. The summed E-state index contributed by atoms with van der Waals surface area (Å²) in [5.74, 6) is -2.47. The summed E-state index contributed by atoms with van der Waals surface area (Å²) in [5, 5.41) is 0. The van der Waals surface area contributed by atoms with Crippen molar-refractivity contribution < 1.29 is 28.7 Å². The summed E-state index contributed by atoms with van der Waals surface area (Å²) >= 11 is 0. The average Bonchev–Trinajstić information content (AvgIpc) is 2.39. The molecule has 112 valence electrons. The molecule has 0 N–H and O–H groups in total. The predicted molar refractivity (Wildman–Crippen MR) is 68.4 cm³/mol. The quantitative estimate of drug-likeness (QED) is 0.450. The number of ether oxygens (including phenoxy) is 2. The maximum absolute atomic E-state index is 11.2. The van der Waals surface area contributed by atoms with Crippen LogP contribution in [0.25, 0.3) is 0 Å². The van der Waals surface area contributed by atoms with E-state index >= 15 is 0 Å². The Morgan fingerprint density at radius 1 is 0.750 bits per heavy atom. The lowest BCUT2D eigenvalue weighted by Crippen LogP contribution is -2.27. The Balaban J connectivity index is 4.04. The molecule has 0 radical (unpaired) electrons.